The number of benzene rings is 6. The number of anilines is 4. The molecule has 1 aliphatic carbocycles. The molecule has 11 heteroatoms. The lowest BCUT2D eigenvalue weighted by Crippen LogP contribution is -2.35. The number of nitrogens with zero attached hydrogens (tertiary/aromatic N) is 2. The minimum absolute atomic E-state index is 0.0114. The third-order valence-electron chi connectivity index (χ3n) is 9.28. The zero-order chi connectivity index (χ0) is 39.4. The van der Waals surface area contributed by atoms with Crippen LogP contribution in [0.4, 0.5) is 27.5 Å². The van der Waals surface area contributed by atoms with Crippen LogP contribution in [0.1, 0.15) is 35.1 Å². The lowest BCUT2D eigenvalue weighted by molar-refractivity contribution is -0.132. The molecule has 0 fully saturated rings. The summed E-state index contributed by atoms with van der Waals surface area (Å²) in [4.78, 5) is 28.1. The van der Waals surface area contributed by atoms with Crippen molar-refractivity contribution in [3.63, 3.8) is 0 Å². The molecule has 0 spiro atoms. The molecule has 8 N–H and O–H groups in total. The number of carbonyl (C=O) groups is 2. The first kappa shape index (κ1) is 38.6. The Morgan fingerprint density at radius 3 is 1.32 bits per heavy atom. The minimum Gasteiger partial charge on any atom is -0.473 e. The molecule has 0 heterocycles. The predicted molar refractivity (Wildman–Crippen MR) is 221 cm³/mol. The zero-order valence-electron chi connectivity index (χ0n) is 31.2. The molecule has 0 atom stereocenters. The van der Waals surface area contributed by atoms with Gasteiger partial charge in [0.2, 0.25) is 5.91 Å². The fraction of sp³-hybridized carbons (Fsp3) is 0.156. The first-order chi connectivity index (χ1) is 27.1. The number of amides is 2. The summed E-state index contributed by atoms with van der Waals surface area (Å²) in [6.45, 7) is 2.78. The molecule has 0 saturated heterocycles. The number of nitrogen functional groups attached to an aromatic ring is 4. The molecule has 1 aliphatic rings. The zero-order valence-corrected chi connectivity index (χ0v) is 31.2. The predicted octanol–water partition coefficient (Wildman–Crippen LogP) is 7.87. The van der Waals surface area contributed by atoms with Crippen molar-refractivity contribution in [3.05, 3.63) is 168 Å². The third kappa shape index (κ3) is 10.3. The Balaban J connectivity index is 0.000000217. The lowest BCUT2D eigenvalue weighted by atomic mass is 9.98. The fourth-order valence-electron chi connectivity index (χ4n) is 6.22. The number of rotatable bonds is 12. The van der Waals surface area contributed by atoms with E-state index >= 15 is 0 Å². The van der Waals surface area contributed by atoms with E-state index in [1.54, 1.807) is 53.4 Å². The molecule has 6 aromatic carbocycles. The molecular formula is C45H46N6O5. The van der Waals surface area contributed by atoms with Crippen molar-refractivity contribution < 1.29 is 23.8 Å². The molecule has 0 unspecified atom stereocenters. The average molecular weight is 751 g/mol. The lowest BCUT2D eigenvalue weighted by Gasteiger charge is -2.24. The Labute approximate surface area is 327 Å². The first-order valence-corrected chi connectivity index (χ1v) is 18.1. The van der Waals surface area contributed by atoms with E-state index in [2.05, 4.69) is 24.3 Å². The topological polar surface area (TPSA) is 172 Å². The molecule has 56 heavy (non-hydrogen) atoms. The number of fused-ring (bicyclic) bond motifs is 3. The summed E-state index contributed by atoms with van der Waals surface area (Å²) >= 11 is 0. The fourth-order valence-corrected chi connectivity index (χ4v) is 6.22. The summed E-state index contributed by atoms with van der Waals surface area (Å²) in [5.74, 6) is 1.23. The second-order valence-corrected chi connectivity index (χ2v) is 13.4. The number of carbonyl (C=O) groups excluding carboxylic acids is 2. The summed E-state index contributed by atoms with van der Waals surface area (Å²) in [6.07, 6.45) is -0.445. The summed E-state index contributed by atoms with van der Waals surface area (Å²) in [5, 5.41) is 0. The highest BCUT2D eigenvalue weighted by Crippen LogP contribution is 2.44. The van der Waals surface area contributed by atoms with E-state index in [0.717, 1.165) is 11.1 Å². The summed E-state index contributed by atoms with van der Waals surface area (Å²) in [7, 11) is 0. The van der Waals surface area contributed by atoms with Gasteiger partial charge in [-0.15, -0.1) is 0 Å². The van der Waals surface area contributed by atoms with Crippen molar-refractivity contribution in [1.82, 2.24) is 9.80 Å². The van der Waals surface area contributed by atoms with E-state index in [-0.39, 0.29) is 31.9 Å². The van der Waals surface area contributed by atoms with Gasteiger partial charge in [-0.3, -0.25) is 9.69 Å². The van der Waals surface area contributed by atoms with Crippen molar-refractivity contribution >= 4 is 34.7 Å². The van der Waals surface area contributed by atoms with E-state index in [1.807, 2.05) is 72.8 Å². The summed E-state index contributed by atoms with van der Waals surface area (Å²) < 4.78 is 17.3. The van der Waals surface area contributed by atoms with Crippen molar-refractivity contribution in [2.75, 3.05) is 43.0 Å². The van der Waals surface area contributed by atoms with Crippen LogP contribution in [0.15, 0.2) is 146 Å². The van der Waals surface area contributed by atoms with E-state index in [1.165, 1.54) is 34.1 Å². The van der Waals surface area contributed by atoms with Gasteiger partial charge in [0.15, 0.2) is 13.5 Å². The van der Waals surface area contributed by atoms with Crippen LogP contribution in [-0.4, -0.2) is 41.9 Å². The van der Waals surface area contributed by atoms with Crippen molar-refractivity contribution in [2.45, 2.75) is 25.9 Å². The highest BCUT2D eigenvalue weighted by molar-refractivity contribution is 5.79. The van der Waals surface area contributed by atoms with Gasteiger partial charge in [-0.2, -0.15) is 0 Å². The average Bonchev–Trinajstić information content (AvgIpc) is 3.53. The van der Waals surface area contributed by atoms with Crippen molar-refractivity contribution in [3.8, 4) is 22.6 Å². The van der Waals surface area contributed by atoms with Crippen LogP contribution in [0, 0.1) is 0 Å². The summed E-state index contributed by atoms with van der Waals surface area (Å²) in [5.41, 5.74) is 32.2. The maximum Gasteiger partial charge on any atom is 0.412 e. The van der Waals surface area contributed by atoms with Gasteiger partial charge in [-0.25, -0.2) is 4.79 Å². The molecule has 11 nitrogen and oxygen atoms in total. The largest absolute Gasteiger partial charge is 0.473 e. The molecule has 7 rings (SSSR count). The Morgan fingerprint density at radius 2 is 0.893 bits per heavy atom. The maximum atomic E-state index is 13.2. The highest BCUT2D eigenvalue weighted by atomic mass is 16.6. The van der Waals surface area contributed by atoms with Crippen molar-refractivity contribution in [2.24, 2.45) is 0 Å². The minimum atomic E-state index is -0.445. The quantitative estimate of drug-likeness (QED) is 0.0717. The Bertz CT molecular complexity index is 2170. The van der Waals surface area contributed by atoms with Gasteiger partial charge in [0.1, 0.15) is 18.1 Å². The van der Waals surface area contributed by atoms with Crippen LogP contribution in [0.2, 0.25) is 0 Å². The molecule has 0 bridgehead atoms. The van der Waals surface area contributed by atoms with Crippen LogP contribution >= 0.6 is 0 Å². The second-order valence-electron chi connectivity index (χ2n) is 13.4. The van der Waals surface area contributed by atoms with Crippen LogP contribution in [0.25, 0.3) is 11.1 Å². The number of nitrogens with two attached hydrogens (primary N) is 4. The Hall–Kier alpha value is -7.14. The van der Waals surface area contributed by atoms with Gasteiger partial charge in [-0.1, -0.05) is 72.8 Å². The van der Waals surface area contributed by atoms with Crippen LogP contribution in [0.3, 0.4) is 0 Å². The Kier molecular flexibility index (Phi) is 12.6. The molecule has 0 aliphatic heterocycles. The maximum absolute atomic E-state index is 13.2. The second kappa shape index (κ2) is 18.3. The van der Waals surface area contributed by atoms with Gasteiger partial charge in [0, 0.05) is 42.1 Å². The van der Waals surface area contributed by atoms with Gasteiger partial charge in [0.05, 0.1) is 6.54 Å². The number of hydrogen-bond donors (Lipinski definition) is 4. The molecule has 286 valence electrons. The molecular weight excluding hydrogens is 705 g/mol. The van der Waals surface area contributed by atoms with E-state index < -0.39 is 6.09 Å². The molecule has 0 radical (unpaired) electrons. The van der Waals surface area contributed by atoms with Gasteiger partial charge in [-0.05, 0) is 106 Å². The van der Waals surface area contributed by atoms with E-state index in [0.29, 0.717) is 47.3 Å². The molecule has 2 amide bonds. The third-order valence-corrected chi connectivity index (χ3v) is 9.28. The standard InChI is InChI=1S/C29H27N3O3.C16H19N3O2/c30-21-11-9-20(10-12-21)17-32(19-35-23-15-13-22(31)14-16-23)29(33)34-18-28-26-7-3-1-5-24(26)25-6-2-4-8-27(25)28;1-12(20)19(10-13-2-4-14(17)5-3-13)11-21-16-8-6-15(18)7-9-16/h1-16,28H,17-19,30-31H2;2-9H,10-11,17-18H2,1H3. The SMILES string of the molecule is CC(=O)N(COc1ccc(N)cc1)Cc1ccc(N)cc1.Nc1ccc(CN(COc2ccc(N)cc2)C(=O)OCC2c3ccccc3-c3ccccc32)cc1. The molecule has 0 saturated carbocycles. The molecule has 6 aromatic rings. The molecule has 0 aromatic heterocycles. The smallest absolute Gasteiger partial charge is 0.412 e. The first-order valence-electron chi connectivity index (χ1n) is 18.1. The van der Waals surface area contributed by atoms with Crippen LogP contribution < -0.4 is 32.4 Å². The highest BCUT2D eigenvalue weighted by Gasteiger charge is 2.30. The van der Waals surface area contributed by atoms with Crippen LogP contribution in [-0.2, 0) is 22.6 Å². The summed E-state index contributed by atoms with van der Waals surface area (Å²) in [6, 6.07) is 45.5. The van der Waals surface area contributed by atoms with Crippen LogP contribution in [0.5, 0.6) is 11.5 Å². The monoisotopic (exact) mass is 750 g/mol. The van der Waals surface area contributed by atoms with Gasteiger partial charge < -0.3 is 42.0 Å². The van der Waals surface area contributed by atoms with E-state index in [4.69, 9.17) is 37.1 Å². The number of hydrogen-bond acceptors (Lipinski definition) is 9. The Morgan fingerprint density at radius 1 is 0.518 bits per heavy atom. The van der Waals surface area contributed by atoms with E-state index in [9.17, 15) is 9.59 Å². The van der Waals surface area contributed by atoms with Gasteiger partial charge >= 0.3 is 6.09 Å². The number of ether oxygens (including phenoxy) is 3. The normalized spacial score (nSPS) is 11.3. The van der Waals surface area contributed by atoms with Crippen molar-refractivity contribution in [1.29, 1.82) is 0 Å². The van der Waals surface area contributed by atoms with Gasteiger partial charge in [0.25, 0.3) is 0 Å².